The van der Waals surface area contributed by atoms with Gasteiger partial charge in [-0.1, -0.05) is 17.7 Å². The number of hydrogen-bond donors (Lipinski definition) is 1. The van der Waals surface area contributed by atoms with Gasteiger partial charge in [-0.2, -0.15) is 0 Å². The van der Waals surface area contributed by atoms with Crippen LogP contribution in [0.5, 0.6) is 11.5 Å². The van der Waals surface area contributed by atoms with Gasteiger partial charge in [0.05, 0.1) is 6.54 Å². The zero-order chi connectivity index (χ0) is 13.0. The van der Waals surface area contributed by atoms with Gasteiger partial charge < -0.3 is 14.8 Å². The van der Waals surface area contributed by atoms with E-state index >= 15 is 0 Å². The summed E-state index contributed by atoms with van der Waals surface area (Å²) in [7, 11) is 0. The third kappa shape index (κ3) is 3.26. The Morgan fingerprint density at radius 3 is 2.83 bits per heavy atom. The first kappa shape index (κ1) is 12.5. The minimum absolute atomic E-state index is 0.0996. The fourth-order valence-corrected chi connectivity index (χ4v) is 1.69. The van der Waals surface area contributed by atoms with Crippen molar-refractivity contribution < 1.29 is 14.3 Å². The van der Waals surface area contributed by atoms with E-state index in [0.29, 0.717) is 13.2 Å². The van der Waals surface area contributed by atoms with Crippen LogP contribution in [-0.4, -0.2) is 25.2 Å². The Morgan fingerprint density at radius 2 is 2.11 bits per heavy atom. The summed E-state index contributed by atoms with van der Waals surface area (Å²) in [4.78, 5) is 11.5. The van der Waals surface area contributed by atoms with Gasteiger partial charge in [0.2, 0.25) is 5.91 Å². The number of rotatable bonds is 3. The first-order valence-electron chi connectivity index (χ1n) is 5.96. The van der Waals surface area contributed by atoms with Crippen molar-refractivity contribution in [2.75, 3.05) is 13.2 Å². The van der Waals surface area contributed by atoms with Gasteiger partial charge in [-0.3, -0.25) is 4.79 Å². The summed E-state index contributed by atoms with van der Waals surface area (Å²) < 4.78 is 11.3. The smallest absolute Gasteiger partial charge is 0.244 e. The molecule has 0 radical (unpaired) electrons. The number of carbonyl (C=O) groups excluding carboxylic acids is 1. The molecule has 1 unspecified atom stereocenters. The average Bonchev–Trinajstić information content (AvgIpc) is 2.35. The Hall–Kier alpha value is -1.97. The maximum absolute atomic E-state index is 11.5. The molecule has 0 saturated carbocycles. The summed E-state index contributed by atoms with van der Waals surface area (Å²) in [6.07, 6.45) is 1.42. The fourth-order valence-electron chi connectivity index (χ4n) is 1.69. The molecule has 1 amide bonds. The van der Waals surface area contributed by atoms with Crippen molar-refractivity contribution in [1.29, 1.82) is 0 Å². The summed E-state index contributed by atoms with van der Waals surface area (Å²) >= 11 is 0. The van der Waals surface area contributed by atoms with Crippen molar-refractivity contribution in [3.05, 3.63) is 35.9 Å². The van der Waals surface area contributed by atoms with Gasteiger partial charge in [-0.05, 0) is 26.0 Å². The molecule has 1 aromatic rings. The highest BCUT2D eigenvalue weighted by Gasteiger charge is 2.20. The van der Waals surface area contributed by atoms with Crippen molar-refractivity contribution in [3.8, 4) is 11.5 Å². The lowest BCUT2D eigenvalue weighted by Crippen LogP contribution is -2.40. The van der Waals surface area contributed by atoms with Crippen LogP contribution in [0.3, 0.4) is 0 Å². The van der Waals surface area contributed by atoms with Crippen molar-refractivity contribution >= 4 is 5.91 Å². The van der Waals surface area contributed by atoms with Crippen LogP contribution in [0.25, 0.3) is 0 Å². The highest BCUT2D eigenvalue weighted by atomic mass is 16.6. The van der Waals surface area contributed by atoms with Crippen LogP contribution >= 0.6 is 0 Å². The SMILES string of the molecule is CC(C)=CC(=O)NCC1COc2ccccc2O1. The number of carbonyl (C=O) groups is 1. The number of benzene rings is 1. The fraction of sp³-hybridized carbons (Fsp3) is 0.357. The van der Waals surface area contributed by atoms with Gasteiger partial charge in [0.1, 0.15) is 12.7 Å². The van der Waals surface area contributed by atoms with Crippen LogP contribution in [-0.2, 0) is 4.79 Å². The molecule has 1 heterocycles. The van der Waals surface area contributed by atoms with Crippen LogP contribution in [0.2, 0.25) is 0 Å². The zero-order valence-electron chi connectivity index (χ0n) is 10.6. The van der Waals surface area contributed by atoms with Crippen LogP contribution in [0.15, 0.2) is 35.9 Å². The highest BCUT2D eigenvalue weighted by Crippen LogP contribution is 2.30. The molecule has 0 aliphatic carbocycles. The Balaban J connectivity index is 1.87. The first-order chi connectivity index (χ1) is 8.65. The summed E-state index contributed by atoms with van der Waals surface area (Å²) in [5, 5.41) is 2.79. The number of para-hydroxylation sites is 2. The predicted octanol–water partition coefficient (Wildman–Crippen LogP) is 1.91. The molecule has 0 spiro atoms. The minimum atomic E-state index is -0.144. The lowest BCUT2D eigenvalue weighted by atomic mass is 10.2. The lowest BCUT2D eigenvalue weighted by molar-refractivity contribution is -0.117. The van der Waals surface area contributed by atoms with Gasteiger partial charge in [-0.15, -0.1) is 0 Å². The molecule has 0 fully saturated rings. The van der Waals surface area contributed by atoms with E-state index < -0.39 is 0 Å². The van der Waals surface area contributed by atoms with E-state index in [2.05, 4.69) is 5.32 Å². The lowest BCUT2D eigenvalue weighted by Gasteiger charge is -2.26. The zero-order valence-corrected chi connectivity index (χ0v) is 10.6. The quantitative estimate of drug-likeness (QED) is 0.830. The van der Waals surface area contributed by atoms with Gasteiger partial charge in [-0.25, -0.2) is 0 Å². The number of ether oxygens (including phenoxy) is 2. The molecule has 0 saturated heterocycles. The molecule has 1 aliphatic rings. The van der Waals surface area contributed by atoms with Gasteiger partial charge >= 0.3 is 0 Å². The van der Waals surface area contributed by atoms with Gasteiger partial charge in [0.15, 0.2) is 11.5 Å². The van der Waals surface area contributed by atoms with E-state index in [-0.39, 0.29) is 12.0 Å². The van der Waals surface area contributed by atoms with E-state index in [4.69, 9.17) is 9.47 Å². The number of hydrogen-bond acceptors (Lipinski definition) is 3. The van der Waals surface area contributed by atoms with Crippen molar-refractivity contribution in [2.24, 2.45) is 0 Å². The number of nitrogens with one attached hydrogen (secondary N) is 1. The molecule has 18 heavy (non-hydrogen) atoms. The second kappa shape index (κ2) is 5.58. The molecule has 4 nitrogen and oxygen atoms in total. The molecule has 0 bridgehead atoms. The topological polar surface area (TPSA) is 47.6 Å². The summed E-state index contributed by atoms with van der Waals surface area (Å²) in [6.45, 7) is 4.66. The Morgan fingerprint density at radius 1 is 1.39 bits per heavy atom. The third-order valence-corrected chi connectivity index (χ3v) is 2.49. The molecule has 2 rings (SSSR count). The summed E-state index contributed by atoms with van der Waals surface area (Å²) in [5.74, 6) is 1.38. The highest BCUT2D eigenvalue weighted by molar-refractivity contribution is 5.88. The molecular weight excluding hydrogens is 230 g/mol. The predicted molar refractivity (Wildman–Crippen MR) is 68.8 cm³/mol. The van der Waals surface area contributed by atoms with Crippen molar-refractivity contribution in [3.63, 3.8) is 0 Å². The molecule has 4 heteroatoms. The van der Waals surface area contributed by atoms with Gasteiger partial charge in [0, 0.05) is 6.08 Å². The van der Waals surface area contributed by atoms with E-state index in [1.807, 2.05) is 38.1 Å². The van der Waals surface area contributed by atoms with Gasteiger partial charge in [0.25, 0.3) is 0 Å². The Bertz CT molecular complexity index is 464. The number of amides is 1. The maximum Gasteiger partial charge on any atom is 0.244 e. The molecule has 1 aliphatic heterocycles. The van der Waals surface area contributed by atoms with Crippen LogP contribution in [0.1, 0.15) is 13.8 Å². The average molecular weight is 247 g/mol. The van der Waals surface area contributed by atoms with E-state index in [0.717, 1.165) is 17.1 Å². The second-order valence-corrected chi connectivity index (χ2v) is 4.46. The maximum atomic E-state index is 11.5. The number of allylic oxidation sites excluding steroid dienone is 1. The van der Waals surface area contributed by atoms with Crippen LogP contribution in [0, 0.1) is 0 Å². The van der Waals surface area contributed by atoms with E-state index in [9.17, 15) is 4.79 Å². The van der Waals surface area contributed by atoms with Crippen LogP contribution in [0.4, 0.5) is 0 Å². The van der Waals surface area contributed by atoms with Crippen LogP contribution < -0.4 is 14.8 Å². The second-order valence-electron chi connectivity index (χ2n) is 4.46. The standard InChI is InChI=1S/C14H17NO3/c1-10(2)7-14(16)15-8-11-9-17-12-5-3-4-6-13(12)18-11/h3-7,11H,8-9H2,1-2H3,(H,15,16). The normalized spacial score (nSPS) is 16.9. The molecule has 1 N–H and O–H groups in total. The molecule has 1 aromatic carbocycles. The summed E-state index contributed by atoms with van der Waals surface area (Å²) in [5.41, 5.74) is 0.971. The van der Waals surface area contributed by atoms with Crippen molar-refractivity contribution in [1.82, 2.24) is 5.32 Å². The number of fused-ring (bicyclic) bond motifs is 1. The van der Waals surface area contributed by atoms with E-state index in [1.54, 1.807) is 6.08 Å². The largest absolute Gasteiger partial charge is 0.486 e. The minimum Gasteiger partial charge on any atom is -0.486 e. The molecule has 0 aromatic heterocycles. The Labute approximate surface area is 107 Å². The van der Waals surface area contributed by atoms with E-state index in [1.165, 1.54) is 0 Å². The van der Waals surface area contributed by atoms with Crippen molar-refractivity contribution in [2.45, 2.75) is 20.0 Å². The molecular formula is C14H17NO3. The Kier molecular flexibility index (Phi) is 3.87. The third-order valence-electron chi connectivity index (χ3n) is 2.49. The summed E-state index contributed by atoms with van der Waals surface area (Å²) in [6, 6.07) is 7.53. The first-order valence-corrected chi connectivity index (χ1v) is 5.96. The molecule has 1 atom stereocenters. The molecule has 96 valence electrons. The monoisotopic (exact) mass is 247 g/mol.